The smallest absolute Gasteiger partial charge is 0.416 e. The largest absolute Gasteiger partial charge is 0.493 e. The van der Waals surface area contributed by atoms with E-state index in [1.165, 1.54) is 12.1 Å². The first-order valence-corrected chi connectivity index (χ1v) is 15.3. The summed E-state index contributed by atoms with van der Waals surface area (Å²) in [4.78, 5) is 22.5. The van der Waals surface area contributed by atoms with Gasteiger partial charge in [-0.05, 0) is 110 Å². The Morgan fingerprint density at radius 2 is 1.26 bits per heavy atom. The highest BCUT2D eigenvalue weighted by atomic mass is 19.4. The number of aromatic carboxylic acids is 2. The highest BCUT2D eigenvalue weighted by molar-refractivity contribution is 5.88. The molecule has 0 heterocycles. The van der Waals surface area contributed by atoms with Crippen LogP contribution in [0.15, 0.2) is 103 Å². The molecule has 0 amide bonds. The van der Waals surface area contributed by atoms with Crippen LogP contribution in [-0.2, 0) is 25.4 Å². The molecule has 1 atom stereocenters. The van der Waals surface area contributed by atoms with Crippen molar-refractivity contribution < 1.29 is 37.7 Å². The molecular formula is C38H37F3O5. The Morgan fingerprint density at radius 1 is 0.696 bits per heavy atom. The molecule has 0 saturated heterocycles. The zero-order chi connectivity index (χ0) is 32.9. The molecule has 4 aromatic carbocycles. The predicted molar refractivity (Wildman–Crippen MR) is 172 cm³/mol. The van der Waals surface area contributed by atoms with Gasteiger partial charge in [0.25, 0.3) is 0 Å². The molecular weight excluding hydrogens is 593 g/mol. The monoisotopic (exact) mass is 630 g/mol. The minimum absolute atomic E-state index is 0.119. The van der Waals surface area contributed by atoms with E-state index < -0.39 is 23.7 Å². The van der Waals surface area contributed by atoms with Gasteiger partial charge >= 0.3 is 18.1 Å². The van der Waals surface area contributed by atoms with Gasteiger partial charge in [0, 0.05) is 5.56 Å². The van der Waals surface area contributed by atoms with Crippen LogP contribution in [0.5, 0.6) is 5.75 Å². The number of rotatable bonds is 16. The maximum absolute atomic E-state index is 12.8. The Kier molecular flexibility index (Phi) is 12.2. The van der Waals surface area contributed by atoms with Crippen molar-refractivity contribution in [3.63, 3.8) is 0 Å². The Bertz CT molecular complexity index is 1590. The molecule has 0 aliphatic rings. The number of benzene rings is 4. The van der Waals surface area contributed by atoms with Crippen LogP contribution in [0.1, 0.15) is 74.2 Å². The molecule has 0 aliphatic carbocycles. The molecule has 240 valence electrons. The van der Waals surface area contributed by atoms with E-state index in [2.05, 4.69) is 6.08 Å². The van der Waals surface area contributed by atoms with Gasteiger partial charge in [-0.2, -0.15) is 13.2 Å². The zero-order valence-corrected chi connectivity index (χ0v) is 25.4. The van der Waals surface area contributed by atoms with Gasteiger partial charge in [-0.3, -0.25) is 0 Å². The summed E-state index contributed by atoms with van der Waals surface area (Å²) in [6, 6.07) is 26.9. The van der Waals surface area contributed by atoms with Crippen LogP contribution >= 0.6 is 0 Å². The summed E-state index contributed by atoms with van der Waals surface area (Å²) in [5.41, 5.74) is 3.71. The summed E-state index contributed by atoms with van der Waals surface area (Å²) >= 11 is 0. The number of ether oxygens (including phenoxy) is 1. The summed E-state index contributed by atoms with van der Waals surface area (Å²) in [5.74, 6) is -1.05. The van der Waals surface area contributed by atoms with E-state index in [-0.39, 0.29) is 17.0 Å². The number of carbonyl (C=O) groups is 2. The number of carboxylic acids is 2. The van der Waals surface area contributed by atoms with Gasteiger partial charge in [-0.1, -0.05) is 66.7 Å². The van der Waals surface area contributed by atoms with Gasteiger partial charge in [0.05, 0.1) is 23.3 Å². The SMILES string of the molecule is O=C(O)c1ccc(CCC(/C=C/c2ccccc2OCCCCCc2ccc(C(F)(F)F)cc2)Cc2ccc(C(=O)O)cc2)cc1. The van der Waals surface area contributed by atoms with E-state index in [9.17, 15) is 33.0 Å². The molecule has 4 rings (SSSR count). The van der Waals surface area contributed by atoms with Crippen LogP contribution in [-0.4, -0.2) is 28.8 Å². The lowest BCUT2D eigenvalue weighted by Gasteiger charge is -2.15. The topological polar surface area (TPSA) is 83.8 Å². The molecule has 4 aromatic rings. The standard InChI is InChI=1S/C38H37F3O5/c39-38(40,41)34-23-16-27(17-24-34)6-2-1-5-25-46-35-8-4-3-7-31(35)18-13-29(26-30-14-21-33(22-15-30)37(44)45)10-9-28-11-19-32(20-12-28)36(42)43/h3-4,7-8,11-24,29H,1-2,5-6,9-10,25-26H2,(H,42,43)(H,44,45)/b18-13+. The van der Waals surface area contributed by atoms with E-state index >= 15 is 0 Å². The highest BCUT2D eigenvalue weighted by Gasteiger charge is 2.29. The minimum Gasteiger partial charge on any atom is -0.493 e. The lowest BCUT2D eigenvalue weighted by Crippen LogP contribution is -2.05. The Labute approximate surface area is 267 Å². The van der Waals surface area contributed by atoms with Crippen LogP contribution in [0.3, 0.4) is 0 Å². The summed E-state index contributed by atoms with van der Waals surface area (Å²) in [7, 11) is 0. The van der Waals surface area contributed by atoms with Crippen LogP contribution in [0.4, 0.5) is 13.2 Å². The number of carboxylic acid groups (broad SMARTS) is 2. The summed E-state index contributed by atoms with van der Waals surface area (Å²) < 4.78 is 44.4. The van der Waals surface area contributed by atoms with Gasteiger partial charge in [-0.15, -0.1) is 0 Å². The normalized spacial score (nSPS) is 12.2. The first-order chi connectivity index (χ1) is 22.1. The Hall–Kier alpha value is -4.85. The number of alkyl halides is 3. The third kappa shape index (κ3) is 10.6. The van der Waals surface area contributed by atoms with Crippen molar-refractivity contribution in [2.24, 2.45) is 5.92 Å². The molecule has 1 unspecified atom stereocenters. The molecule has 8 heteroatoms. The van der Waals surface area contributed by atoms with Crippen LogP contribution in [0.2, 0.25) is 0 Å². The van der Waals surface area contributed by atoms with Crippen LogP contribution < -0.4 is 4.74 Å². The quantitative estimate of drug-likeness (QED) is 0.121. The van der Waals surface area contributed by atoms with Crippen molar-refractivity contribution >= 4 is 18.0 Å². The molecule has 0 radical (unpaired) electrons. The van der Waals surface area contributed by atoms with Crippen molar-refractivity contribution in [1.82, 2.24) is 0 Å². The summed E-state index contributed by atoms with van der Waals surface area (Å²) in [5, 5.41) is 18.4. The predicted octanol–water partition coefficient (Wildman–Crippen LogP) is 9.40. The number of unbranched alkanes of at least 4 members (excludes halogenated alkanes) is 2. The molecule has 2 N–H and O–H groups in total. The Morgan fingerprint density at radius 3 is 1.87 bits per heavy atom. The van der Waals surface area contributed by atoms with E-state index in [1.54, 1.807) is 24.3 Å². The summed E-state index contributed by atoms with van der Waals surface area (Å²) in [6.45, 7) is 0.517. The zero-order valence-electron chi connectivity index (χ0n) is 25.4. The van der Waals surface area contributed by atoms with Crippen LogP contribution in [0.25, 0.3) is 6.08 Å². The van der Waals surface area contributed by atoms with Crippen molar-refractivity contribution in [3.8, 4) is 5.75 Å². The molecule has 0 spiro atoms. The van der Waals surface area contributed by atoms with E-state index in [4.69, 9.17) is 4.74 Å². The molecule has 0 bridgehead atoms. The van der Waals surface area contributed by atoms with Crippen molar-refractivity contribution in [2.45, 2.75) is 51.1 Å². The number of hydrogen-bond donors (Lipinski definition) is 2. The average molecular weight is 631 g/mol. The number of hydrogen-bond acceptors (Lipinski definition) is 3. The van der Waals surface area contributed by atoms with E-state index in [0.29, 0.717) is 19.4 Å². The van der Waals surface area contributed by atoms with Crippen molar-refractivity contribution in [1.29, 1.82) is 0 Å². The van der Waals surface area contributed by atoms with Crippen LogP contribution in [0, 0.1) is 5.92 Å². The molecule has 5 nitrogen and oxygen atoms in total. The first kappa shape index (κ1) is 34.0. The third-order valence-electron chi connectivity index (χ3n) is 7.82. The average Bonchev–Trinajstić information content (AvgIpc) is 3.04. The van der Waals surface area contributed by atoms with E-state index in [0.717, 1.165) is 72.2 Å². The fourth-order valence-corrected chi connectivity index (χ4v) is 5.16. The van der Waals surface area contributed by atoms with Gasteiger partial charge < -0.3 is 14.9 Å². The second-order valence-corrected chi connectivity index (χ2v) is 11.3. The number of halogens is 3. The van der Waals surface area contributed by atoms with Crippen molar-refractivity contribution in [3.05, 3.63) is 142 Å². The van der Waals surface area contributed by atoms with Crippen molar-refractivity contribution in [2.75, 3.05) is 6.61 Å². The highest BCUT2D eigenvalue weighted by Crippen LogP contribution is 2.29. The lowest BCUT2D eigenvalue weighted by molar-refractivity contribution is -0.137. The number of aryl methyl sites for hydroxylation is 2. The molecule has 46 heavy (non-hydrogen) atoms. The second-order valence-electron chi connectivity index (χ2n) is 11.3. The fraction of sp³-hybridized carbons (Fsp3) is 0.263. The van der Waals surface area contributed by atoms with Gasteiger partial charge in [-0.25, -0.2) is 9.59 Å². The molecule has 0 aromatic heterocycles. The van der Waals surface area contributed by atoms with Gasteiger partial charge in [0.15, 0.2) is 0 Å². The maximum Gasteiger partial charge on any atom is 0.416 e. The number of allylic oxidation sites excluding steroid dienone is 1. The lowest BCUT2D eigenvalue weighted by atomic mass is 9.91. The Balaban J connectivity index is 1.34. The molecule has 0 saturated carbocycles. The molecule has 0 aliphatic heterocycles. The maximum atomic E-state index is 12.8. The van der Waals surface area contributed by atoms with Gasteiger partial charge in [0.2, 0.25) is 0 Å². The van der Waals surface area contributed by atoms with Gasteiger partial charge in [0.1, 0.15) is 5.75 Å². The third-order valence-corrected chi connectivity index (χ3v) is 7.82. The minimum atomic E-state index is -4.32. The molecule has 0 fully saturated rings. The second kappa shape index (κ2) is 16.5. The first-order valence-electron chi connectivity index (χ1n) is 15.3. The summed E-state index contributed by atoms with van der Waals surface area (Å²) in [6.07, 6.45) is 5.36. The fourth-order valence-electron chi connectivity index (χ4n) is 5.16. The van der Waals surface area contributed by atoms with E-state index in [1.807, 2.05) is 54.6 Å². The number of para-hydroxylation sites is 1.